The number of nitrogens with zero attached hydrogens (tertiary/aromatic N) is 1. The lowest BCUT2D eigenvalue weighted by Gasteiger charge is -2.35. The van der Waals surface area contributed by atoms with Gasteiger partial charge in [0.05, 0.1) is 6.61 Å². The number of hydrogen-bond acceptors (Lipinski definition) is 4. The van der Waals surface area contributed by atoms with Gasteiger partial charge in [0.1, 0.15) is 0 Å². The number of nitrogens with one attached hydrogen (secondary N) is 1. The molecule has 2 unspecified atom stereocenters. The first-order valence-electron chi connectivity index (χ1n) is 5.28. The molecule has 15 heavy (non-hydrogen) atoms. The fraction of sp³-hybridized carbons (Fsp3) is 0.700. The Kier molecular flexibility index (Phi) is 3.33. The molecule has 4 N–H and O–H groups in total. The smallest absolute Gasteiger partial charge is 0.165 e. The van der Waals surface area contributed by atoms with Gasteiger partial charge in [0.25, 0.3) is 0 Å². The zero-order valence-corrected chi connectivity index (χ0v) is 9.46. The van der Waals surface area contributed by atoms with Crippen molar-refractivity contribution in [2.24, 2.45) is 5.73 Å². The summed E-state index contributed by atoms with van der Waals surface area (Å²) in [5.41, 5.74) is 5.71. The average molecular weight is 227 g/mol. The number of aromatic nitrogens is 2. The summed E-state index contributed by atoms with van der Waals surface area (Å²) in [5.74, 6) is 0. The zero-order valence-electron chi connectivity index (χ0n) is 8.65. The summed E-state index contributed by atoms with van der Waals surface area (Å²) in [5, 5.41) is 10.7. The molecule has 4 nitrogen and oxygen atoms in total. The van der Waals surface area contributed by atoms with Gasteiger partial charge in [0.15, 0.2) is 5.16 Å². The van der Waals surface area contributed by atoms with Gasteiger partial charge in [-0.1, -0.05) is 18.2 Å². The molecule has 0 aliphatic heterocycles. The van der Waals surface area contributed by atoms with Crippen molar-refractivity contribution in [1.29, 1.82) is 0 Å². The van der Waals surface area contributed by atoms with E-state index in [1.807, 2.05) is 6.20 Å². The quantitative estimate of drug-likeness (QED) is 0.723. The van der Waals surface area contributed by atoms with E-state index in [4.69, 9.17) is 5.73 Å². The predicted molar refractivity (Wildman–Crippen MR) is 60.7 cm³/mol. The number of hydrogen-bond donors (Lipinski definition) is 3. The Bertz CT molecular complexity index is 304. The van der Waals surface area contributed by atoms with Crippen LogP contribution in [-0.4, -0.2) is 32.5 Å². The van der Waals surface area contributed by atoms with Crippen molar-refractivity contribution < 1.29 is 5.11 Å². The maximum absolute atomic E-state index is 9.24. The first kappa shape index (κ1) is 11.0. The van der Waals surface area contributed by atoms with Crippen LogP contribution < -0.4 is 5.73 Å². The molecule has 2 atom stereocenters. The van der Waals surface area contributed by atoms with Gasteiger partial charge in [0, 0.05) is 23.2 Å². The third-order valence-corrected chi connectivity index (χ3v) is 4.08. The maximum Gasteiger partial charge on any atom is 0.165 e. The maximum atomic E-state index is 9.24. The second-order valence-electron chi connectivity index (χ2n) is 4.25. The highest BCUT2D eigenvalue weighted by Crippen LogP contribution is 2.35. The summed E-state index contributed by atoms with van der Waals surface area (Å²) in [4.78, 5) is 7.27. The van der Waals surface area contributed by atoms with Crippen LogP contribution in [0.3, 0.4) is 0 Å². The van der Waals surface area contributed by atoms with E-state index in [1.54, 1.807) is 18.0 Å². The third kappa shape index (κ3) is 2.74. The summed E-state index contributed by atoms with van der Waals surface area (Å²) in [6.45, 7) is 0.0855. The molecule has 1 heterocycles. The average Bonchev–Trinajstić information content (AvgIpc) is 2.71. The standard InChI is InChI=1S/C10H17N3OS/c11-10(7-14)3-1-2-8(6-10)15-9-12-4-5-13-9/h4-5,8,14H,1-3,6-7,11H2,(H,12,13). The van der Waals surface area contributed by atoms with E-state index in [-0.39, 0.29) is 12.1 Å². The van der Waals surface area contributed by atoms with Gasteiger partial charge < -0.3 is 15.8 Å². The van der Waals surface area contributed by atoms with Crippen molar-refractivity contribution in [2.75, 3.05) is 6.61 Å². The van der Waals surface area contributed by atoms with E-state index in [0.29, 0.717) is 5.25 Å². The van der Waals surface area contributed by atoms with Crippen LogP contribution in [0.15, 0.2) is 17.6 Å². The van der Waals surface area contributed by atoms with Gasteiger partial charge in [0.2, 0.25) is 0 Å². The number of aromatic amines is 1. The van der Waals surface area contributed by atoms with E-state index in [9.17, 15) is 5.11 Å². The Morgan fingerprint density at radius 1 is 1.73 bits per heavy atom. The number of nitrogens with two attached hydrogens (primary N) is 1. The number of rotatable bonds is 3. The van der Waals surface area contributed by atoms with E-state index >= 15 is 0 Å². The molecule has 0 bridgehead atoms. The lowest BCUT2D eigenvalue weighted by Crippen LogP contribution is -2.48. The molecule has 84 valence electrons. The monoisotopic (exact) mass is 227 g/mol. The lowest BCUT2D eigenvalue weighted by atomic mass is 9.83. The molecule has 5 heteroatoms. The van der Waals surface area contributed by atoms with Gasteiger partial charge in [-0.05, 0) is 19.3 Å². The summed E-state index contributed by atoms with van der Waals surface area (Å²) in [6, 6.07) is 0. The predicted octanol–water partition coefficient (Wildman–Crippen LogP) is 1.13. The summed E-state index contributed by atoms with van der Waals surface area (Å²) in [7, 11) is 0. The minimum Gasteiger partial charge on any atom is -0.394 e. The summed E-state index contributed by atoms with van der Waals surface area (Å²) in [6.07, 6.45) is 7.63. The largest absolute Gasteiger partial charge is 0.394 e. The zero-order chi connectivity index (χ0) is 10.7. The van der Waals surface area contributed by atoms with Crippen LogP contribution >= 0.6 is 11.8 Å². The molecule has 0 spiro atoms. The van der Waals surface area contributed by atoms with Crippen molar-refractivity contribution in [1.82, 2.24) is 9.97 Å². The van der Waals surface area contributed by atoms with Crippen molar-refractivity contribution in [3.05, 3.63) is 12.4 Å². The number of imidazole rings is 1. The van der Waals surface area contributed by atoms with Crippen molar-refractivity contribution >= 4 is 11.8 Å². The van der Waals surface area contributed by atoms with Gasteiger partial charge in [-0.2, -0.15) is 0 Å². The van der Waals surface area contributed by atoms with E-state index < -0.39 is 0 Å². The topological polar surface area (TPSA) is 74.9 Å². The fourth-order valence-corrected chi connectivity index (χ4v) is 3.33. The summed E-state index contributed by atoms with van der Waals surface area (Å²) < 4.78 is 0. The fourth-order valence-electron chi connectivity index (χ4n) is 2.06. The lowest BCUT2D eigenvalue weighted by molar-refractivity contribution is 0.159. The Labute approximate surface area is 93.7 Å². The third-order valence-electron chi connectivity index (χ3n) is 2.90. The van der Waals surface area contributed by atoms with Crippen LogP contribution in [0.25, 0.3) is 0 Å². The van der Waals surface area contributed by atoms with Crippen LogP contribution in [-0.2, 0) is 0 Å². The Morgan fingerprint density at radius 2 is 2.60 bits per heavy atom. The van der Waals surface area contributed by atoms with Gasteiger partial charge in [-0.25, -0.2) is 4.98 Å². The van der Waals surface area contributed by atoms with Crippen LogP contribution in [0.2, 0.25) is 0 Å². The molecule has 1 aromatic heterocycles. The first-order chi connectivity index (χ1) is 7.22. The highest BCUT2D eigenvalue weighted by Gasteiger charge is 2.32. The Balaban J connectivity index is 1.93. The molecule has 1 saturated carbocycles. The Morgan fingerprint density at radius 3 is 3.27 bits per heavy atom. The van der Waals surface area contributed by atoms with Crippen LogP contribution in [0.4, 0.5) is 0 Å². The molecule has 0 radical (unpaired) electrons. The van der Waals surface area contributed by atoms with Crippen molar-refractivity contribution in [3.63, 3.8) is 0 Å². The minimum atomic E-state index is -0.373. The number of aliphatic hydroxyl groups excluding tert-OH is 1. The normalized spacial score (nSPS) is 31.7. The molecule has 0 aromatic carbocycles. The van der Waals surface area contributed by atoms with Gasteiger partial charge >= 0.3 is 0 Å². The molecule has 0 amide bonds. The molecular formula is C10H17N3OS. The molecule has 2 rings (SSSR count). The first-order valence-corrected chi connectivity index (χ1v) is 6.16. The van der Waals surface area contributed by atoms with Gasteiger partial charge in [-0.3, -0.25) is 0 Å². The molecule has 1 aromatic rings. The Hall–Kier alpha value is -0.520. The molecule has 0 saturated heterocycles. The molecule has 1 aliphatic carbocycles. The molecule has 1 fully saturated rings. The highest BCUT2D eigenvalue weighted by molar-refractivity contribution is 7.99. The van der Waals surface area contributed by atoms with E-state index in [2.05, 4.69) is 9.97 Å². The number of H-pyrrole nitrogens is 1. The second kappa shape index (κ2) is 4.55. The SMILES string of the molecule is NC1(CO)CCCC(Sc2ncc[nH]2)C1. The summed E-state index contributed by atoms with van der Waals surface area (Å²) >= 11 is 1.73. The van der Waals surface area contributed by atoms with Crippen LogP contribution in [0.5, 0.6) is 0 Å². The molecule has 1 aliphatic rings. The van der Waals surface area contributed by atoms with Crippen molar-refractivity contribution in [2.45, 2.75) is 41.6 Å². The minimum absolute atomic E-state index is 0.0855. The number of aliphatic hydroxyl groups is 1. The van der Waals surface area contributed by atoms with Crippen LogP contribution in [0.1, 0.15) is 25.7 Å². The van der Waals surface area contributed by atoms with Crippen molar-refractivity contribution in [3.8, 4) is 0 Å². The van der Waals surface area contributed by atoms with Crippen LogP contribution in [0, 0.1) is 0 Å². The highest BCUT2D eigenvalue weighted by atomic mass is 32.2. The van der Waals surface area contributed by atoms with Gasteiger partial charge in [-0.15, -0.1) is 0 Å². The second-order valence-corrected chi connectivity index (χ2v) is 5.54. The molecular weight excluding hydrogens is 210 g/mol. The van der Waals surface area contributed by atoms with E-state index in [0.717, 1.165) is 30.8 Å². The number of thioether (sulfide) groups is 1. The van der Waals surface area contributed by atoms with E-state index in [1.165, 1.54) is 0 Å².